The fourth-order valence-corrected chi connectivity index (χ4v) is 3.92. The molecule has 0 bridgehead atoms. The summed E-state index contributed by atoms with van der Waals surface area (Å²) in [6.07, 6.45) is 10.2. The van der Waals surface area contributed by atoms with E-state index in [1.807, 2.05) is 30.7 Å². The number of rotatable bonds is 4. The lowest BCUT2D eigenvalue weighted by Gasteiger charge is -2.21. The van der Waals surface area contributed by atoms with Gasteiger partial charge in [-0.3, -0.25) is 19.7 Å². The lowest BCUT2D eigenvalue weighted by molar-refractivity contribution is -0.122. The Morgan fingerprint density at radius 3 is 2.68 bits per heavy atom. The van der Waals surface area contributed by atoms with Crippen molar-refractivity contribution in [3.8, 4) is 5.75 Å². The molecule has 2 aliphatic rings. The molecule has 1 N–H and O–H groups in total. The number of nitrogens with zero attached hydrogens (tertiary/aromatic N) is 3. The number of carboxylic acid groups (broad SMARTS) is 1. The van der Waals surface area contributed by atoms with Crippen LogP contribution < -0.4 is 4.74 Å². The van der Waals surface area contributed by atoms with Crippen molar-refractivity contribution in [2.24, 2.45) is 11.8 Å². The molecule has 1 saturated carbocycles. The van der Waals surface area contributed by atoms with E-state index in [4.69, 9.17) is 14.6 Å². The predicted molar refractivity (Wildman–Crippen MR) is 93.1 cm³/mol. The first-order valence-corrected chi connectivity index (χ1v) is 8.56. The monoisotopic (exact) mass is 341 g/mol. The summed E-state index contributed by atoms with van der Waals surface area (Å²) in [5.74, 6) is 2.34. The zero-order valence-electron chi connectivity index (χ0n) is 14.1. The predicted octanol–water partition coefficient (Wildman–Crippen LogP) is 2.47. The molecule has 25 heavy (non-hydrogen) atoms. The number of hydrogen-bond donors (Lipinski definition) is 1. The quantitative estimate of drug-likeness (QED) is 0.861. The molecule has 0 radical (unpaired) electrons. The van der Waals surface area contributed by atoms with Gasteiger partial charge in [-0.2, -0.15) is 0 Å². The highest BCUT2D eigenvalue weighted by molar-refractivity contribution is 5.32. The summed E-state index contributed by atoms with van der Waals surface area (Å²) in [7, 11) is 0. The van der Waals surface area contributed by atoms with Crippen LogP contribution >= 0.6 is 0 Å². The second kappa shape index (κ2) is 8.58. The first kappa shape index (κ1) is 17.4. The lowest BCUT2D eigenvalue weighted by atomic mass is 9.99. The molecule has 3 atom stereocenters. The van der Waals surface area contributed by atoms with Gasteiger partial charge >= 0.3 is 0 Å². The van der Waals surface area contributed by atoms with Crippen LogP contribution in [-0.2, 0) is 11.3 Å². The molecule has 0 amide bonds. The average molecular weight is 341 g/mol. The SMILES string of the molecule is O=CO.c1cncc(O[C@@H]2CC[C@@H]3CN(Cc4ccncc4)C[C@@H]32)c1. The number of hydrogen-bond acceptors (Lipinski definition) is 5. The maximum Gasteiger partial charge on any atom is 0.290 e. The third kappa shape index (κ3) is 4.54. The average Bonchev–Trinajstić information content (AvgIpc) is 3.19. The van der Waals surface area contributed by atoms with Gasteiger partial charge < -0.3 is 9.84 Å². The Morgan fingerprint density at radius 2 is 1.96 bits per heavy atom. The van der Waals surface area contributed by atoms with Crippen LogP contribution in [0.15, 0.2) is 49.1 Å². The first-order valence-electron chi connectivity index (χ1n) is 8.56. The van der Waals surface area contributed by atoms with E-state index in [-0.39, 0.29) is 6.47 Å². The van der Waals surface area contributed by atoms with Crippen LogP contribution in [0.5, 0.6) is 5.75 Å². The van der Waals surface area contributed by atoms with Crippen molar-refractivity contribution in [1.82, 2.24) is 14.9 Å². The maximum absolute atomic E-state index is 8.36. The highest BCUT2D eigenvalue weighted by Crippen LogP contribution is 2.40. The van der Waals surface area contributed by atoms with Gasteiger partial charge in [-0.05, 0) is 48.6 Å². The molecular formula is C19H23N3O3. The third-order valence-corrected chi connectivity index (χ3v) is 4.94. The van der Waals surface area contributed by atoms with E-state index in [0.29, 0.717) is 12.0 Å². The Labute approximate surface area is 147 Å². The number of fused-ring (bicyclic) bond motifs is 1. The summed E-state index contributed by atoms with van der Waals surface area (Å²) in [5.41, 5.74) is 1.35. The van der Waals surface area contributed by atoms with Gasteiger partial charge in [0.05, 0.1) is 6.20 Å². The van der Waals surface area contributed by atoms with Crippen molar-refractivity contribution >= 4 is 6.47 Å². The maximum atomic E-state index is 8.36. The van der Waals surface area contributed by atoms with Crippen LogP contribution in [0.3, 0.4) is 0 Å². The van der Waals surface area contributed by atoms with Gasteiger partial charge in [-0.1, -0.05) is 0 Å². The second-order valence-corrected chi connectivity index (χ2v) is 6.50. The Kier molecular flexibility index (Phi) is 5.95. The van der Waals surface area contributed by atoms with Gasteiger partial charge in [0.15, 0.2) is 0 Å². The number of ether oxygens (including phenoxy) is 1. The lowest BCUT2D eigenvalue weighted by Crippen LogP contribution is -2.28. The molecular weight excluding hydrogens is 318 g/mol. The highest BCUT2D eigenvalue weighted by Gasteiger charge is 2.43. The standard InChI is InChI=1S/C18H21N3O.CH2O2/c1-2-16(10-20-7-1)22-18-4-3-15-12-21(13-17(15)18)11-14-5-8-19-9-6-14;2-1-3/h1-2,5-10,15,17-18H,3-4,11-13H2;1H,(H,2,3)/t15-,17+,18-;/m1./s1. The number of carbonyl (C=O) groups is 1. The van der Waals surface area contributed by atoms with E-state index in [2.05, 4.69) is 27.0 Å². The van der Waals surface area contributed by atoms with Crippen molar-refractivity contribution in [3.63, 3.8) is 0 Å². The molecule has 3 heterocycles. The molecule has 0 spiro atoms. The summed E-state index contributed by atoms with van der Waals surface area (Å²) in [6.45, 7) is 3.10. The summed E-state index contributed by atoms with van der Waals surface area (Å²) in [5, 5.41) is 6.89. The molecule has 1 aliphatic carbocycles. The minimum absolute atomic E-state index is 0.250. The molecule has 2 aromatic heterocycles. The summed E-state index contributed by atoms with van der Waals surface area (Å²) >= 11 is 0. The van der Waals surface area contributed by atoms with E-state index >= 15 is 0 Å². The van der Waals surface area contributed by atoms with Gasteiger partial charge in [0.25, 0.3) is 6.47 Å². The fraction of sp³-hybridized carbons (Fsp3) is 0.421. The van der Waals surface area contributed by atoms with E-state index < -0.39 is 0 Å². The summed E-state index contributed by atoms with van der Waals surface area (Å²) in [6, 6.07) is 8.16. The fourth-order valence-electron chi connectivity index (χ4n) is 3.92. The van der Waals surface area contributed by atoms with Crippen LogP contribution in [0.1, 0.15) is 18.4 Å². The van der Waals surface area contributed by atoms with Crippen molar-refractivity contribution in [2.75, 3.05) is 13.1 Å². The van der Waals surface area contributed by atoms with Crippen molar-refractivity contribution < 1.29 is 14.6 Å². The van der Waals surface area contributed by atoms with Crippen LogP contribution in [0.25, 0.3) is 0 Å². The van der Waals surface area contributed by atoms with E-state index in [1.54, 1.807) is 6.20 Å². The van der Waals surface area contributed by atoms with Gasteiger partial charge in [0.1, 0.15) is 11.9 Å². The minimum atomic E-state index is -0.250. The van der Waals surface area contributed by atoms with Crippen LogP contribution in [0.2, 0.25) is 0 Å². The van der Waals surface area contributed by atoms with Crippen molar-refractivity contribution in [1.29, 1.82) is 0 Å². The molecule has 2 aromatic rings. The van der Waals surface area contributed by atoms with Gasteiger partial charge in [-0.15, -0.1) is 0 Å². The topological polar surface area (TPSA) is 75.6 Å². The molecule has 0 unspecified atom stereocenters. The third-order valence-electron chi connectivity index (χ3n) is 4.94. The Hall–Kier alpha value is -2.47. The van der Waals surface area contributed by atoms with E-state index in [1.165, 1.54) is 24.9 Å². The van der Waals surface area contributed by atoms with Gasteiger partial charge in [0, 0.05) is 44.1 Å². The molecule has 0 aromatic carbocycles. The van der Waals surface area contributed by atoms with Gasteiger partial charge in [-0.25, -0.2) is 0 Å². The van der Waals surface area contributed by atoms with Crippen LogP contribution in [-0.4, -0.2) is 45.6 Å². The first-order chi connectivity index (χ1) is 12.3. The van der Waals surface area contributed by atoms with Crippen LogP contribution in [0.4, 0.5) is 0 Å². The number of likely N-dealkylation sites (tertiary alicyclic amines) is 1. The zero-order valence-corrected chi connectivity index (χ0v) is 14.1. The molecule has 132 valence electrons. The van der Waals surface area contributed by atoms with Crippen molar-refractivity contribution in [2.45, 2.75) is 25.5 Å². The molecule has 1 aliphatic heterocycles. The molecule has 6 nitrogen and oxygen atoms in total. The summed E-state index contributed by atoms with van der Waals surface area (Å²) < 4.78 is 6.19. The Bertz CT molecular complexity index is 653. The van der Waals surface area contributed by atoms with Crippen molar-refractivity contribution in [3.05, 3.63) is 54.6 Å². The normalized spacial score (nSPS) is 24.9. The van der Waals surface area contributed by atoms with E-state index in [9.17, 15) is 0 Å². The Morgan fingerprint density at radius 1 is 1.16 bits per heavy atom. The Balaban J connectivity index is 0.000000569. The molecule has 4 rings (SSSR count). The molecule has 1 saturated heterocycles. The van der Waals surface area contributed by atoms with Gasteiger partial charge in [0.2, 0.25) is 0 Å². The largest absolute Gasteiger partial charge is 0.488 e. The zero-order chi connectivity index (χ0) is 17.5. The van der Waals surface area contributed by atoms with Crippen LogP contribution in [0, 0.1) is 11.8 Å². The molecule has 2 fully saturated rings. The highest BCUT2D eigenvalue weighted by atomic mass is 16.5. The smallest absolute Gasteiger partial charge is 0.290 e. The number of pyridine rings is 2. The second-order valence-electron chi connectivity index (χ2n) is 6.50. The van der Waals surface area contributed by atoms with E-state index in [0.717, 1.165) is 24.8 Å². The number of aromatic nitrogens is 2. The minimum Gasteiger partial charge on any atom is -0.488 e. The summed E-state index contributed by atoms with van der Waals surface area (Å²) in [4.78, 5) is 19.2. The molecule has 6 heteroatoms.